The standard InChI is InChI=1S/C15H22Cl2N6O2/c1-8-9-6-5-7-21(9)23(14(24)25-15(2,3)4)22(8)12-10(18)11(16)19-13(17)20-12/h8-9H,5-7,18H2,1-4H3. The number of nitrogens with zero attached hydrogens (tertiary/aromatic N) is 5. The molecule has 0 spiro atoms. The van der Waals surface area contributed by atoms with Crippen LogP contribution in [0.2, 0.25) is 10.4 Å². The number of nitrogen functional groups attached to an aromatic ring is 1. The van der Waals surface area contributed by atoms with Crippen LogP contribution in [0.5, 0.6) is 0 Å². The van der Waals surface area contributed by atoms with Gasteiger partial charge in [-0.05, 0) is 52.1 Å². The van der Waals surface area contributed by atoms with Crippen molar-refractivity contribution >= 4 is 40.8 Å². The van der Waals surface area contributed by atoms with E-state index in [1.807, 2.05) is 32.7 Å². The van der Waals surface area contributed by atoms with Crippen molar-refractivity contribution < 1.29 is 9.53 Å². The molecule has 2 atom stereocenters. The maximum atomic E-state index is 12.9. The SMILES string of the molecule is CC1C2CCCN2N(C(=O)OC(C)(C)C)N1c1nc(Cl)nc(Cl)c1N. The Morgan fingerprint density at radius 3 is 2.64 bits per heavy atom. The molecule has 8 nitrogen and oxygen atoms in total. The molecule has 25 heavy (non-hydrogen) atoms. The van der Waals surface area contributed by atoms with Gasteiger partial charge in [-0.1, -0.05) is 11.6 Å². The van der Waals surface area contributed by atoms with Gasteiger partial charge in [-0.25, -0.2) is 14.8 Å². The summed E-state index contributed by atoms with van der Waals surface area (Å²) in [4.78, 5) is 21.0. The number of fused-ring (bicyclic) bond motifs is 1. The summed E-state index contributed by atoms with van der Waals surface area (Å²) >= 11 is 12.0. The maximum absolute atomic E-state index is 12.9. The van der Waals surface area contributed by atoms with Crippen molar-refractivity contribution in [2.45, 2.75) is 58.2 Å². The quantitative estimate of drug-likeness (QED) is 0.583. The van der Waals surface area contributed by atoms with Gasteiger partial charge in [0.05, 0.1) is 12.1 Å². The van der Waals surface area contributed by atoms with Crippen molar-refractivity contribution in [3.05, 3.63) is 10.4 Å². The van der Waals surface area contributed by atoms with Gasteiger partial charge >= 0.3 is 6.09 Å². The van der Waals surface area contributed by atoms with Crippen LogP contribution in [0.25, 0.3) is 0 Å². The third-order valence-electron chi connectivity index (χ3n) is 4.29. The van der Waals surface area contributed by atoms with E-state index in [0.717, 1.165) is 19.4 Å². The summed E-state index contributed by atoms with van der Waals surface area (Å²) in [6.45, 7) is 8.23. The molecule has 2 fully saturated rings. The molecule has 2 aliphatic heterocycles. The fraction of sp³-hybridized carbons (Fsp3) is 0.667. The van der Waals surface area contributed by atoms with Gasteiger partial charge in [0.1, 0.15) is 11.3 Å². The monoisotopic (exact) mass is 388 g/mol. The Kier molecular flexibility index (Phi) is 4.63. The molecule has 2 unspecified atom stereocenters. The Hall–Kier alpha value is -1.51. The lowest BCUT2D eigenvalue weighted by molar-refractivity contribution is -0.0330. The highest BCUT2D eigenvalue weighted by molar-refractivity contribution is 6.34. The number of hydrazine groups is 2. The molecule has 10 heteroatoms. The van der Waals surface area contributed by atoms with E-state index in [0.29, 0.717) is 5.82 Å². The summed E-state index contributed by atoms with van der Waals surface area (Å²) in [6, 6.07) is 0.0961. The van der Waals surface area contributed by atoms with E-state index in [4.69, 9.17) is 33.7 Å². The van der Waals surface area contributed by atoms with Gasteiger partial charge < -0.3 is 10.5 Å². The Morgan fingerprint density at radius 2 is 2.00 bits per heavy atom. The number of anilines is 2. The molecule has 0 saturated carbocycles. The zero-order valence-corrected chi connectivity index (χ0v) is 16.2. The average molecular weight is 389 g/mol. The highest BCUT2D eigenvalue weighted by Gasteiger charge is 2.51. The number of carbonyl (C=O) groups excluding carboxylic acids is 1. The molecule has 1 aromatic rings. The average Bonchev–Trinajstić information content (AvgIpc) is 3.03. The molecule has 0 aromatic carbocycles. The van der Waals surface area contributed by atoms with Crippen molar-refractivity contribution in [2.75, 3.05) is 17.3 Å². The van der Waals surface area contributed by atoms with Crippen LogP contribution in [0.4, 0.5) is 16.3 Å². The summed E-state index contributed by atoms with van der Waals surface area (Å²) in [6.07, 6.45) is 1.47. The molecule has 3 heterocycles. The second kappa shape index (κ2) is 6.34. The molecule has 138 valence electrons. The minimum absolute atomic E-state index is 0.0300. The first-order chi connectivity index (χ1) is 11.6. The molecule has 0 radical (unpaired) electrons. The Morgan fingerprint density at radius 1 is 1.32 bits per heavy atom. The number of carbonyl (C=O) groups is 1. The van der Waals surface area contributed by atoms with E-state index in [-0.39, 0.29) is 28.2 Å². The van der Waals surface area contributed by atoms with Crippen LogP contribution < -0.4 is 10.7 Å². The topological polar surface area (TPSA) is 87.8 Å². The first-order valence-corrected chi connectivity index (χ1v) is 8.93. The third kappa shape index (κ3) is 3.30. The summed E-state index contributed by atoms with van der Waals surface area (Å²) in [5, 5.41) is 5.18. The van der Waals surface area contributed by atoms with Gasteiger partial charge in [-0.3, -0.25) is 0 Å². The summed E-state index contributed by atoms with van der Waals surface area (Å²) in [5.41, 5.74) is 5.62. The normalized spacial score (nSPS) is 23.9. The lowest BCUT2D eigenvalue weighted by Gasteiger charge is -2.35. The Labute approximate surface area is 156 Å². The van der Waals surface area contributed by atoms with Crippen molar-refractivity contribution in [2.24, 2.45) is 0 Å². The summed E-state index contributed by atoms with van der Waals surface area (Å²) in [5.74, 6) is 0.303. The number of halogens is 2. The van der Waals surface area contributed by atoms with Crippen LogP contribution in [0, 0.1) is 0 Å². The zero-order chi connectivity index (χ0) is 18.5. The number of hydrogen-bond donors (Lipinski definition) is 1. The first kappa shape index (κ1) is 18.3. The van der Waals surface area contributed by atoms with Gasteiger partial charge in [0.25, 0.3) is 0 Å². The molecule has 0 bridgehead atoms. The van der Waals surface area contributed by atoms with Crippen LogP contribution >= 0.6 is 23.2 Å². The predicted molar refractivity (Wildman–Crippen MR) is 96.2 cm³/mol. The van der Waals surface area contributed by atoms with Gasteiger partial charge in [-0.15, -0.1) is 5.12 Å². The molecule has 2 aliphatic rings. The molecular weight excluding hydrogens is 367 g/mol. The number of rotatable bonds is 1. The van der Waals surface area contributed by atoms with Crippen LogP contribution in [0.1, 0.15) is 40.5 Å². The van der Waals surface area contributed by atoms with E-state index < -0.39 is 11.7 Å². The maximum Gasteiger partial charge on any atom is 0.444 e. The van der Waals surface area contributed by atoms with Crippen LogP contribution in [-0.4, -0.2) is 50.4 Å². The fourth-order valence-electron chi connectivity index (χ4n) is 3.32. The van der Waals surface area contributed by atoms with Crippen molar-refractivity contribution in [3.8, 4) is 0 Å². The lowest BCUT2D eigenvalue weighted by atomic mass is 10.1. The third-order valence-corrected chi connectivity index (χ3v) is 4.74. The van der Waals surface area contributed by atoms with Crippen LogP contribution in [0.3, 0.4) is 0 Å². The molecule has 2 saturated heterocycles. The van der Waals surface area contributed by atoms with Crippen molar-refractivity contribution in [1.29, 1.82) is 0 Å². The zero-order valence-electron chi connectivity index (χ0n) is 14.7. The number of amides is 1. The van der Waals surface area contributed by atoms with Crippen LogP contribution in [0.15, 0.2) is 0 Å². The summed E-state index contributed by atoms with van der Waals surface area (Å²) < 4.78 is 5.58. The second-order valence-electron chi connectivity index (χ2n) is 7.25. The molecule has 0 aliphatic carbocycles. The second-order valence-corrected chi connectivity index (χ2v) is 7.94. The molecule has 1 amide bonds. The van der Waals surface area contributed by atoms with Crippen molar-refractivity contribution in [3.63, 3.8) is 0 Å². The van der Waals surface area contributed by atoms with E-state index in [1.54, 1.807) is 5.01 Å². The van der Waals surface area contributed by atoms with Crippen molar-refractivity contribution in [1.82, 2.24) is 20.1 Å². The van der Waals surface area contributed by atoms with E-state index in [1.165, 1.54) is 5.12 Å². The van der Waals surface area contributed by atoms with E-state index in [9.17, 15) is 4.79 Å². The molecule has 1 aromatic heterocycles. The Balaban J connectivity index is 2.05. The van der Waals surface area contributed by atoms with E-state index in [2.05, 4.69) is 9.97 Å². The van der Waals surface area contributed by atoms with Gasteiger partial charge in [0.2, 0.25) is 5.28 Å². The van der Waals surface area contributed by atoms with Gasteiger partial charge in [-0.2, -0.15) is 9.99 Å². The smallest absolute Gasteiger partial charge is 0.441 e. The summed E-state index contributed by atoms with van der Waals surface area (Å²) in [7, 11) is 0. The molecule has 3 rings (SSSR count). The number of hydrogen-bond acceptors (Lipinski definition) is 7. The minimum Gasteiger partial charge on any atom is -0.441 e. The highest BCUT2D eigenvalue weighted by Crippen LogP contribution is 2.40. The molecule has 2 N–H and O–H groups in total. The van der Waals surface area contributed by atoms with E-state index >= 15 is 0 Å². The fourth-order valence-corrected chi connectivity index (χ4v) is 3.69. The highest BCUT2D eigenvalue weighted by atomic mass is 35.5. The Bertz CT molecular complexity index is 695. The largest absolute Gasteiger partial charge is 0.444 e. The predicted octanol–water partition coefficient (Wildman–Crippen LogP) is 3.11. The molecular formula is C15H22Cl2N6O2. The first-order valence-electron chi connectivity index (χ1n) is 8.17. The van der Waals surface area contributed by atoms with Crippen LogP contribution in [-0.2, 0) is 4.74 Å². The number of nitrogens with two attached hydrogens (primary N) is 1. The number of aromatic nitrogens is 2. The lowest BCUT2D eigenvalue weighted by Crippen LogP contribution is -2.52. The van der Waals surface area contributed by atoms with Gasteiger partial charge in [0, 0.05) is 6.54 Å². The minimum atomic E-state index is -0.629. The number of ether oxygens (including phenoxy) is 1. The van der Waals surface area contributed by atoms with Gasteiger partial charge in [0.15, 0.2) is 11.0 Å².